The summed E-state index contributed by atoms with van der Waals surface area (Å²) in [5.74, 6) is -0.385. The van der Waals surface area contributed by atoms with Crippen LogP contribution in [-0.4, -0.2) is 14.3 Å². The van der Waals surface area contributed by atoms with E-state index in [4.69, 9.17) is 5.14 Å². The number of carbonyl (C=O) groups is 1. The summed E-state index contributed by atoms with van der Waals surface area (Å²) in [6.45, 7) is 3.42. The maximum absolute atomic E-state index is 12.7. The molecule has 3 aromatic carbocycles. The van der Waals surface area contributed by atoms with Crippen molar-refractivity contribution in [1.29, 1.82) is 0 Å². The Morgan fingerprint density at radius 1 is 1.00 bits per heavy atom. The number of nitrogens with one attached hydrogen (secondary N) is 1. The molecular weight excluding hydrogens is 336 g/mol. The minimum atomic E-state index is -3.90. The first kappa shape index (κ1) is 17.1. The van der Waals surface area contributed by atoms with Crippen LogP contribution in [0.1, 0.15) is 21.5 Å². The highest BCUT2D eigenvalue weighted by molar-refractivity contribution is 7.89. The lowest BCUT2D eigenvalue weighted by molar-refractivity contribution is 0.102. The summed E-state index contributed by atoms with van der Waals surface area (Å²) < 4.78 is 23.5. The lowest BCUT2D eigenvalue weighted by atomic mass is 10.0. The summed E-state index contributed by atoms with van der Waals surface area (Å²) in [7, 11) is -3.90. The van der Waals surface area contributed by atoms with E-state index in [1.165, 1.54) is 6.07 Å². The largest absolute Gasteiger partial charge is 0.321 e. The molecule has 3 rings (SSSR count). The second kappa shape index (κ2) is 6.31. The van der Waals surface area contributed by atoms with Gasteiger partial charge in [-0.15, -0.1) is 0 Å². The second-order valence-corrected chi connectivity index (χ2v) is 7.47. The standard InChI is InChI=1S/C19H18N2O3S/c1-12-10-15(11-18(13(12)2)25(20,23)24)19(22)21-17-9-5-7-14-6-3-4-8-16(14)17/h3-11H,1-2H3,(H,21,22)(H2,20,23,24). The molecule has 0 unspecified atom stereocenters. The number of rotatable bonds is 3. The summed E-state index contributed by atoms with van der Waals surface area (Å²) in [4.78, 5) is 12.6. The number of sulfonamides is 1. The number of nitrogens with two attached hydrogens (primary N) is 1. The van der Waals surface area contributed by atoms with Gasteiger partial charge in [0.1, 0.15) is 0 Å². The van der Waals surface area contributed by atoms with E-state index in [1.807, 2.05) is 42.5 Å². The van der Waals surface area contributed by atoms with Crippen LogP contribution < -0.4 is 10.5 Å². The summed E-state index contributed by atoms with van der Waals surface area (Å²) in [6, 6.07) is 16.3. The molecule has 0 atom stereocenters. The van der Waals surface area contributed by atoms with Gasteiger partial charge in [0.05, 0.1) is 4.90 Å². The average molecular weight is 354 g/mol. The van der Waals surface area contributed by atoms with E-state index in [-0.39, 0.29) is 16.4 Å². The van der Waals surface area contributed by atoms with E-state index in [0.29, 0.717) is 16.8 Å². The third-order valence-corrected chi connectivity index (χ3v) is 5.26. The van der Waals surface area contributed by atoms with Gasteiger partial charge in [0, 0.05) is 16.6 Å². The van der Waals surface area contributed by atoms with Gasteiger partial charge >= 0.3 is 0 Å². The van der Waals surface area contributed by atoms with Crippen molar-refractivity contribution in [2.45, 2.75) is 18.7 Å². The third-order valence-electron chi connectivity index (χ3n) is 4.23. The molecular formula is C19H18N2O3S. The maximum Gasteiger partial charge on any atom is 0.255 e. The normalized spacial score (nSPS) is 11.5. The van der Waals surface area contributed by atoms with Gasteiger partial charge < -0.3 is 5.32 Å². The summed E-state index contributed by atoms with van der Waals surface area (Å²) >= 11 is 0. The molecule has 25 heavy (non-hydrogen) atoms. The Hall–Kier alpha value is -2.70. The van der Waals surface area contributed by atoms with Crippen LogP contribution in [0.25, 0.3) is 10.8 Å². The quantitative estimate of drug-likeness (QED) is 0.756. The number of fused-ring (bicyclic) bond motifs is 1. The fourth-order valence-corrected chi connectivity index (χ4v) is 3.66. The molecule has 0 aromatic heterocycles. The number of hydrogen-bond donors (Lipinski definition) is 2. The predicted octanol–water partition coefficient (Wildman–Crippen LogP) is 3.36. The topological polar surface area (TPSA) is 89.3 Å². The minimum absolute atomic E-state index is 0.0319. The monoisotopic (exact) mass is 354 g/mol. The minimum Gasteiger partial charge on any atom is -0.321 e. The van der Waals surface area contributed by atoms with Gasteiger partial charge in [0.2, 0.25) is 10.0 Å². The number of anilines is 1. The molecule has 0 aliphatic carbocycles. The van der Waals surface area contributed by atoms with Gasteiger partial charge in [-0.3, -0.25) is 4.79 Å². The Labute approximate surface area is 146 Å². The molecule has 0 saturated carbocycles. The molecule has 5 nitrogen and oxygen atoms in total. The van der Waals surface area contributed by atoms with E-state index in [9.17, 15) is 13.2 Å². The number of primary sulfonamides is 1. The Kier molecular flexibility index (Phi) is 4.32. The first-order chi connectivity index (χ1) is 11.8. The third kappa shape index (κ3) is 3.40. The molecule has 0 fully saturated rings. The van der Waals surface area contributed by atoms with Crippen molar-refractivity contribution < 1.29 is 13.2 Å². The van der Waals surface area contributed by atoms with Crippen molar-refractivity contribution in [1.82, 2.24) is 0 Å². The lowest BCUT2D eigenvalue weighted by Gasteiger charge is -2.12. The maximum atomic E-state index is 12.7. The molecule has 0 aliphatic heterocycles. The molecule has 0 radical (unpaired) electrons. The first-order valence-electron chi connectivity index (χ1n) is 7.70. The molecule has 3 aromatic rings. The van der Waals surface area contributed by atoms with Crippen molar-refractivity contribution in [3.05, 3.63) is 71.3 Å². The predicted molar refractivity (Wildman–Crippen MR) is 99.2 cm³/mol. The van der Waals surface area contributed by atoms with Crippen LogP contribution in [-0.2, 0) is 10.0 Å². The SMILES string of the molecule is Cc1cc(C(=O)Nc2cccc3ccccc23)cc(S(N)(=O)=O)c1C. The van der Waals surface area contributed by atoms with Crippen LogP contribution in [0.4, 0.5) is 5.69 Å². The highest BCUT2D eigenvalue weighted by Gasteiger charge is 2.18. The van der Waals surface area contributed by atoms with Crippen LogP contribution in [0.5, 0.6) is 0 Å². The number of benzene rings is 3. The van der Waals surface area contributed by atoms with Crippen LogP contribution >= 0.6 is 0 Å². The van der Waals surface area contributed by atoms with E-state index >= 15 is 0 Å². The fourth-order valence-electron chi connectivity index (χ4n) is 2.78. The molecule has 0 aliphatic rings. The molecule has 0 saturated heterocycles. The number of carbonyl (C=O) groups excluding carboxylic acids is 1. The summed E-state index contributed by atoms with van der Waals surface area (Å²) in [5.41, 5.74) is 2.15. The fraction of sp³-hybridized carbons (Fsp3) is 0.105. The second-order valence-electron chi connectivity index (χ2n) is 5.94. The van der Waals surface area contributed by atoms with Gasteiger partial charge in [0.25, 0.3) is 5.91 Å². The lowest BCUT2D eigenvalue weighted by Crippen LogP contribution is -2.18. The van der Waals surface area contributed by atoms with Crippen LogP contribution in [0.2, 0.25) is 0 Å². The molecule has 0 bridgehead atoms. The van der Waals surface area contributed by atoms with E-state index < -0.39 is 10.0 Å². The highest BCUT2D eigenvalue weighted by Crippen LogP contribution is 2.25. The van der Waals surface area contributed by atoms with Crippen LogP contribution in [0.15, 0.2) is 59.5 Å². The molecule has 0 heterocycles. The highest BCUT2D eigenvalue weighted by atomic mass is 32.2. The zero-order valence-electron chi connectivity index (χ0n) is 13.9. The number of aryl methyl sites for hydroxylation is 1. The zero-order chi connectivity index (χ0) is 18.2. The van der Waals surface area contributed by atoms with Crippen molar-refractivity contribution in [3.8, 4) is 0 Å². The average Bonchev–Trinajstić information content (AvgIpc) is 2.56. The van der Waals surface area contributed by atoms with Crippen molar-refractivity contribution in [2.24, 2.45) is 5.14 Å². The van der Waals surface area contributed by atoms with Gasteiger partial charge in [0.15, 0.2) is 0 Å². The van der Waals surface area contributed by atoms with Crippen molar-refractivity contribution in [3.63, 3.8) is 0 Å². The zero-order valence-corrected chi connectivity index (χ0v) is 14.7. The van der Waals surface area contributed by atoms with E-state index in [2.05, 4.69) is 5.32 Å². The summed E-state index contributed by atoms with van der Waals surface area (Å²) in [6.07, 6.45) is 0. The number of hydrogen-bond acceptors (Lipinski definition) is 3. The Bertz CT molecular complexity index is 1080. The smallest absolute Gasteiger partial charge is 0.255 e. The van der Waals surface area contributed by atoms with Crippen molar-refractivity contribution >= 4 is 32.4 Å². The van der Waals surface area contributed by atoms with E-state index in [0.717, 1.165) is 10.8 Å². The van der Waals surface area contributed by atoms with Crippen LogP contribution in [0.3, 0.4) is 0 Å². The molecule has 6 heteroatoms. The van der Waals surface area contributed by atoms with Gasteiger partial charge in [-0.25, -0.2) is 13.6 Å². The Balaban J connectivity index is 2.03. The van der Waals surface area contributed by atoms with E-state index in [1.54, 1.807) is 19.9 Å². The Morgan fingerprint density at radius 2 is 1.68 bits per heavy atom. The van der Waals surface area contributed by atoms with Crippen LogP contribution in [0, 0.1) is 13.8 Å². The van der Waals surface area contributed by atoms with Crippen molar-refractivity contribution in [2.75, 3.05) is 5.32 Å². The van der Waals surface area contributed by atoms with Gasteiger partial charge in [-0.1, -0.05) is 36.4 Å². The first-order valence-corrected chi connectivity index (χ1v) is 9.25. The molecule has 3 N–H and O–H groups in total. The summed E-state index contributed by atoms with van der Waals surface area (Å²) in [5, 5.41) is 10.0. The molecule has 1 amide bonds. The number of amides is 1. The Morgan fingerprint density at radius 3 is 2.40 bits per heavy atom. The molecule has 128 valence electrons. The van der Waals surface area contributed by atoms with Gasteiger partial charge in [-0.2, -0.15) is 0 Å². The van der Waals surface area contributed by atoms with Gasteiger partial charge in [-0.05, 0) is 48.6 Å². The molecule has 0 spiro atoms.